The molecule has 1 aliphatic rings. The number of amides is 2. The Balaban J connectivity index is 2.92. The van der Waals surface area contributed by atoms with Crippen LogP contribution in [-0.2, 0) is 9.59 Å². The van der Waals surface area contributed by atoms with Gasteiger partial charge in [0.05, 0.1) is 0 Å². The molecule has 0 aromatic carbocycles. The SMILES string of the molecule is CCSCC(C)N1C(=O)C(C(C)C)NC(=O)C1CC. The molecular weight excluding hydrogens is 260 g/mol. The van der Waals surface area contributed by atoms with Gasteiger partial charge in [-0.05, 0) is 25.0 Å². The van der Waals surface area contributed by atoms with Crippen LogP contribution in [0.25, 0.3) is 0 Å². The van der Waals surface area contributed by atoms with Crippen molar-refractivity contribution in [2.75, 3.05) is 11.5 Å². The van der Waals surface area contributed by atoms with Gasteiger partial charge in [-0.3, -0.25) is 9.59 Å². The molecule has 110 valence electrons. The van der Waals surface area contributed by atoms with Gasteiger partial charge in [-0.15, -0.1) is 0 Å². The molecule has 0 bridgehead atoms. The van der Waals surface area contributed by atoms with Crippen molar-refractivity contribution in [2.45, 2.75) is 59.2 Å². The van der Waals surface area contributed by atoms with E-state index in [2.05, 4.69) is 12.2 Å². The quantitative estimate of drug-likeness (QED) is 0.811. The van der Waals surface area contributed by atoms with Crippen molar-refractivity contribution in [1.29, 1.82) is 0 Å². The molecule has 0 radical (unpaired) electrons. The molecule has 3 unspecified atom stereocenters. The summed E-state index contributed by atoms with van der Waals surface area (Å²) in [6.45, 7) is 10.0. The lowest BCUT2D eigenvalue weighted by atomic mass is 9.96. The average molecular weight is 286 g/mol. The van der Waals surface area contributed by atoms with Gasteiger partial charge >= 0.3 is 0 Å². The summed E-state index contributed by atoms with van der Waals surface area (Å²) in [5, 5.41) is 2.87. The molecule has 1 rings (SSSR count). The highest BCUT2D eigenvalue weighted by molar-refractivity contribution is 7.99. The second-order valence-corrected chi connectivity index (χ2v) is 6.73. The van der Waals surface area contributed by atoms with E-state index in [9.17, 15) is 9.59 Å². The summed E-state index contributed by atoms with van der Waals surface area (Å²) in [7, 11) is 0. The van der Waals surface area contributed by atoms with Crippen molar-refractivity contribution in [3.63, 3.8) is 0 Å². The van der Waals surface area contributed by atoms with Crippen LogP contribution < -0.4 is 5.32 Å². The van der Waals surface area contributed by atoms with E-state index in [1.807, 2.05) is 44.4 Å². The van der Waals surface area contributed by atoms with Gasteiger partial charge in [-0.1, -0.05) is 27.7 Å². The number of carbonyl (C=O) groups is 2. The van der Waals surface area contributed by atoms with Gasteiger partial charge in [-0.2, -0.15) is 11.8 Å². The number of thioether (sulfide) groups is 1. The van der Waals surface area contributed by atoms with Crippen molar-refractivity contribution < 1.29 is 9.59 Å². The van der Waals surface area contributed by atoms with Crippen LogP contribution in [0.1, 0.15) is 41.0 Å². The van der Waals surface area contributed by atoms with Gasteiger partial charge in [0.15, 0.2) is 0 Å². The molecule has 1 N–H and O–H groups in total. The molecule has 19 heavy (non-hydrogen) atoms. The first kappa shape index (κ1) is 16.3. The molecule has 0 aromatic heterocycles. The molecule has 2 amide bonds. The third-order valence-corrected chi connectivity index (χ3v) is 4.67. The Hall–Kier alpha value is -0.710. The van der Waals surface area contributed by atoms with E-state index in [1.54, 1.807) is 0 Å². The average Bonchev–Trinajstić information content (AvgIpc) is 2.37. The highest BCUT2D eigenvalue weighted by atomic mass is 32.2. The molecule has 0 saturated carbocycles. The summed E-state index contributed by atoms with van der Waals surface area (Å²) in [6, 6.07) is -0.575. The smallest absolute Gasteiger partial charge is 0.246 e. The van der Waals surface area contributed by atoms with E-state index >= 15 is 0 Å². The van der Waals surface area contributed by atoms with Crippen molar-refractivity contribution in [2.24, 2.45) is 5.92 Å². The topological polar surface area (TPSA) is 49.4 Å². The monoisotopic (exact) mass is 286 g/mol. The lowest BCUT2D eigenvalue weighted by Crippen LogP contribution is -2.66. The van der Waals surface area contributed by atoms with E-state index < -0.39 is 0 Å². The van der Waals surface area contributed by atoms with E-state index in [0.717, 1.165) is 11.5 Å². The molecule has 0 aliphatic carbocycles. The number of rotatable bonds is 6. The maximum atomic E-state index is 12.6. The van der Waals surface area contributed by atoms with Gasteiger partial charge in [0.25, 0.3) is 0 Å². The summed E-state index contributed by atoms with van der Waals surface area (Å²) >= 11 is 1.81. The minimum atomic E-state index is -0.371. The van der Waals surface area contributed by atoms with E-state index in [1.165, 1.54) is 0 Å². The Morgan fingerprint density at radius 1 is 1.26 bits per heavy atom. The van der Waals surface area contributed by atoms with Crippen molar-refractivity contribution in [3.8, 4) is 0 Å². The molecule has 0 spiro atoms. The van der Waals surface area contributed by atoms with Crippen LogP contribution in [0, 0.1) is 5.92 Å². The van der Waals surface area contributed by atoms with Crippen LogP contribution >= 0.6 is 11.8 Å². The third-order valence-electron chi connectivity index (χ3n) is 3.55. The zero-order valence-electron chi connectivity index (χ0n) is 12.6. The number of hydrogen-bond donors (Lipinski definition) is 1. The predicted octanol–water partition coefficient (Wildman–Crippen LogP) is 1.89. The van der Waals surface area contributed by atoms with Gasteiger partial charge in [0, 0.05) is 11.8 Å². The first-order valence-corrected chi connectivity index (χ1v) is 8.29. The summed E-state index contributed by atoms with van der Waals surface area (Å²) in [4.78, 5) is 26.6. The first-order chi connectivity index (χ1) is 8.93. The van der Waals surface area contributed by atoms with Gasteiger partial charge in [0.2, 0.25) is 11.8 Å². The van der Waals surface area contributed by atoms with Crippen molar-refractivity contribution >= 4 is 23.6 Å². The van der Waals surface area contributed by atoms with E-state index in [-0.39, 0.29) is 35.9 Å². The summed E-state index contributed by atoms with van der Waals surface area (Å²) < 4.78 is 0. The molecule has 1 aliphatic heterocycles. The number of hydrogen-bond acceptors (Lipinski definition) is 3. The lowest BCUT2D eigenvalue weighted by Gasteiger charge is -2.43. The number of carbonyl (C=O) groups excluding carboxylic acids is 2. The fourth-order valence-electron chi connectivity index (χ4n) is 2.48. The first-order valence-electron chi connectivity index (χ1n) is 7.14. The van der Waals surface area contributed by atoms with Gasteiger partial charge in [-0.25, -0.2) is 0 Å². The van der Waals surface area contributed by atoms with Crippen LogP contribution in [0.2, 0.25) is 0 Å². The van der Waals surface area contributed by atoms with Crippen molar-refractivity contribution in [3.05, 3.63) is 0 Å². The largest absolute Gasteiger partial charge is 0.342 e. The van der Waals surface area contributed by atoms with Crippen LogP contribution in [0.5, 0.6) is 0 Å². The second-order valence-electron chi connectivity index (χ2n) is 5.41. The molecule has 1 fully saturated rings. The normalized spacial score (nSPS) is 25.7. The zero-order valence-corrected chi connectivity index (χ0v) is 13.4. The minimum Gasteiger partial charge on any atom is -0.342 e. The molecular formula is C14H26N2O2S. The van der Waals surface area contributed by atoms with Gasteiger partial charge in [0.1, 0.15) is 12.1 Å². The minimum absolute atomic E-state index is 0.00542. The number of nitrogens with one attached hydrogen (secondary N) is 1. The Bertz CT molecular complexity index is 333. The van der Waals surface area contributed by atoms with Gasteiger partial charge < -0.3 is 10.2 Å². The zero-order chi connectivity index (χ0) is 14.6. The Morgan fingerprint density at radius 3 is 2.37 bits per heavy atom. The second kappa shape index (κ2) is 7.17. The molecule has 4 nitrogen and oxygen atoms in total. The van der Waals surface area contributed by atoms with Crippen LogP contribution in [-0.4, -0.2) is 46.3 Å². The summed E-state index contributed by atoms with van der Waals surface area (Å²) in [5.74, 6) is 2.11. The van der Waals surface area contributed by atoms with Crippen molar-refractivity contribution in [1.82, 2.24) is 10.2 Å². The standard InChI is InChI=1S/C14H26N2O2S/c1-6-11-13(17)15-12(9(3)4)14(18)16(11)10(5)8-19-7-2/h9-12H,6-8H2,1-5H3,(H,15,17). The summed E-state index contributed by atoms with van der Waals surface area (Å²) in [6.07, 6.45) is 0.670. The fraction of sp³-hybridized carbons (Fsp3) is 0.857. The Morgan fingerprint density at radius 2 is 1.89 bits per heavy atom. The Kier molecular flexibility index (Phi) is 6.17. The van der Waals surface area contributed by atoms with E-state index in [4.69, 9.17) is 0 Å². The Labute approximate surface area is 120 Å². The summed E-state index contributed by atoms with van der Waals surface area (Å²) in [5.41, 5.74) is 0. The predicted molar refractivity (Wildman–Crippen MR) is 80.2 cm³/mol. The van der Waals surface area contributed by atoms with Crippen LogP contribution in [0.15, 0.2) is 0 Å². The molecule has 5 heteroatoms. The highest BCUT2D eigenvalue weighted by Gasteiger charge is 2.42. The maximum Gasteiger partial charge on any atom is 0.246 e. The lowest BCUT2D eigenvalue weighted by molar-refractivity contribution is -0.152. The maximum absolute atomic E-state index is 12.6. The van der Waals surface area contributed by atoms with E-state index in [0.29, 0.717) is 6.42 Å². The molecule has 1 heterocycles. The van der Waals surface area contributed by atoms with Crippen LogP contribution in [0.3, 0.4) is 0 Å². The number of piperazine rings is 1. The highest BCUT2D eigenvalue weighted by Crippen LogP contribution is 2.22. The fourth-order valence-corrected chi connectivity index (χ4v) is 3.22. The third kappa shape index (κ3) is 3.65. The number of nitrogens with zero attached hydrogens (tertiary/aromatic N) is 1. The molecule has 3 atom stereocenters. The van der Waals surface area contributed by atoms with Crippen LogP contribution in [0.4, 0.5) is 0 Å². The molecule has 1 saturated heterocycles. The molecule has 0 aromatic rings.